The molecule has 126 valence electrons. The number of benzene rings is 2. The summed E-state index contributed by atoms with van der Waals surface area (Å²) in [6.45, 7) is 2.32. The molecule has 0 saturated heterocycles. The molecule has 1 aliphatic carbocycles. The largest absolute Gasteiger partial charge is 0.209 e. The number of para-hydroxylation sites is 1. The lowest BCUT2D eigenvalue weighted by Crippen LogP contribution is -2.36. The smallest absolute Gasteiger partial charge is 0.202 e. The zero-order valence-corrected chi connectivity index (χ0v) is 15.2. The van der Waals surface area contributed by atoms with Crippen LogP contribution >= 0.6 is 0 Å². The first-order chi connectivity index (χ1) is 12.2. The van der Waals surface area contributed by atoms with Gasteiger partial charge >= 0.3 is 0 Å². The zero-order valence-electron chi connectivity index (χ0n) is 15.2. The summed E-state index contributed by atoms with van der Waals surface area (Å²) < 4.78 is 2.39. The van der Waals surface area contributed by atoms with E-state index in [0.29, 0.717) is 0 Å². The molecule has 0 fully saturated rings. The predicted octanol–water partition coefficient (Wildman–Crippen LogP) is 5.58. The third kappa shape index (κ3) is 2.78. The second-order valence-electron chi connectivity index (χ2n) is 7.34. The molecule has 0 N–H and O–H groups in total. The lowest BCUT2D eigenvalue weighted by Gasteiger charge is -2.29. The van der Waals surface area contributed by atoms with Gasteiger partial charge in [-0.1, -0.05) is 72.3 Å². The van der Waals surface area contributed by atoms with Crippen LogP contribution in [0.15, 0.2) is 78.4 Å². The molecule has 25 heavy (non-hydrogen) atoms. The first-order valence-corrected chi connectivity index (χ1v) is 9.27. The van der Waals surface area contributed by atoms with E-state index in [0.717, 1.165) is 12.8 Å². The van der Waals surface area contributed by atoms with E-state index in [1.54, 1.807) is 0 Å². The molecule has 1 nitrogen and oxygen atoms in total. The lowest BCUT2D eigenvalue weighted by atomic mass is 9.69. The monoisotopic (exact) mass is 328 g/mol. The Morgan fingerprint density at radius 1 is 0.920 bits per heavy atom. The van der Waals surface area contributed by atoms with Crippen LogP contribution in [0.4, 0.5) is 5.69 Å². The number of hydrogen-bond acceptors (Lipinski definition) is 0. The van der Waals surface area contributed by atoms with E-state index >= 15 is 0 Å². The Bertz CT molecular complexity index is 870. The van der Waals surface area contributed by atoms with Crippen LogP contribution < -0.4 is 0 Å². The Balaban J connectivity index is 1.84. The highest BCUT2D eigenvalue weighted by Crippen LogP contribution is 2.45. The molecule has 1 atom stereocenters. The maximum absolute atomic E-state index is 2.43. The van der Waals surface area contributed by atoms with Gasteiger partial charge in [-0.15, -0.1) is 0 Å². The summed E-state index contributed by atoms with van der Waals surface area (Å²) in [7, 11) is 2.21. The number of hydrogen-bond donors (Lipinski definition) is 0. The molecule has 0 spiro atoms. The maximum Gasteiger partial charge on any atom is 0.209 e. The summed E-state index contributed by atoms with van der Waals surface area (Å²) in [5.41, 5.74) is 7.21. The summed E-state index contributed by atoms with van der Waals surface area (Å²) in [5.74, 6) is 0. The summed E-state index contributed by atoms with van der Waals surface area (Å²) in [4.78, 5) is 0. The highest BCUT2D eigenvalue weighted by Gasteiger charge is 2.48. The number of fused-ring (bicyclic) bond motifs is 1. The van der Waals surface area contributed by atoms with Crippen molar-refractivity contribution in [3.8, 4) is 0 Å². The van der Waals surface area contributed by atoms with E-state index in [1.165, 1.54) is 40.9 Å². The van der Waals surface area contributed by atoms with Crippen LogP contribution in [0.5, 0.6) is 0 Å². The molecular formula is C24H26N+. The van der Waals surface area contributed by atoms with Gasteiger partial charge in [-0.2, -0.15) is 0 Å². The molecule has 4 rings (SSSR count). The van der Waals surface area contributed by atoms with E-state index in [4.69, 9.17) is 0 Å². The van der Waals surface area contributed by atoms with Crippen molar-refractivity contribution < 1.29 is 4.58 Å². The van der Waals surface area contributed by atoms with E-state index in [-0.39, 0.29) is 5.41 Å². The highest BCUT2D eigenvalue weighted by molar-refractivity contribution is 5.94. The standard InChI is InChI=1S/C24H26N/c1-19-24(17-20-11-5-3-6-12-20,18-21-13-7-4-8-14-21)22-15-9-10-16-23(22)25(19)2/h3,5-7,9-16H,4,8,17-18H2,1-2H3/q+1. The molecule has 2 aromatic rings. The molecule has 1 unspecified atom stereocenters. The van der Waals surface area contributed by atoms with Crippen molar-refractivity contribution in [1.29, 1.82) is 0 Å². The van der Waals surface area contributed by atoms with Crippen molar-refractivity contribution >= 4 is 11.4 Å². The minimum absolute atomic E-state index is 0.0419. The average Bonchev–Trinajstić information content (AvgIpc) is 2.86. The molecule has 0 amide bonds. The third-order valence-electron chi connectivity index (χ3n) is 5.90. The molecule has 2 aromatic carbocycles. The van der Waals surface area contributed by atoms with Crippen molar-refractivity contribution in [3.05, 3.63) is 89.5 Å². The Hall–Kier alpha value is -2.41. The van der Waals surface area contributed by atoms with Gasteiger partial charge in [0.1, 0.15) is 7.05 Å². The summed E-state index contributed by atoms with van der Waals surface area (Å²) in [6.07, 6.45) is 11.6. The maximum atomic E-state index is 2.43. The fourth-order valence-corrected chi connectivity index (χ4v) is 4.47. The van der Waals surface area contributed by atoms with Gasteiger partial charge in [0.2, 0.25) is 5.69 Å². The molecule has 1 heteroatoms. The van der Waals surface area contributed by atoms with Crippen molar-refractivity contribution in [2.75, 3.05) is 7.05 Å². The lowest BCUT2D eigenvalue weighted by molar-refractivity contribution is -0.403. The molecule has 0 aromatic heterocycles. The van der Waals surface area contributed by atoms with Crippen LogP contribution in [0.25, 0.3) is 0 Å². The van der Waals surface area contributed by atoms with Crippen LogP contribution in [-0.4, -0.2) is 17.3 Å². The van der Waals surface area contributed by atoms with Crippen molar-refractivity contribution in [2.45, 2.75) is 38.0 Å². The molecule has 0 bridgehead atoms. The Morgan fingerprint density at radius 2 is 1.68 bits per heavy atom. The van der Waals surface area contributed by atoms with Crippen LogP contribution in [-0.2, 0) is 11.8 Å². The van der Waals surface area contributed by atoms with Gasteiger partial charge in [0, 0.05) is 18.6 Å². The van der Waals surface area contributed by atoms with E-state index in [1.807, 2.05) is 0 Å². The average molecular weight is 328 g/mol. The minimum Gasteiger partial charge on any atom is -0.202 e. The number of allylic oxidation sites excluding steroid dienone is 4. The second kappa shape index (κ2) is 6.48. The summed E-state index contributed by atoms with van der Waals surface area (Å²) in [5, 5.41) is 0. The molecule has 0 saturated carbocycles. The Morgan fingerprint density at radius 3 is 2.44 bits per heavy atom. The molecule has 1 aliphatic heterocycles. The zero-order chi connectivity index (χ0) is 17.3. The van der Waals surface area contributed by atoms with Crippen LogP contribution in [0.1, 0.15) is 37.3 Å². The van der Waals surface area contributed by atoms with E-state index in [2.05, 4.69) is 91.4 Å². The fourth-order valence-electron chi connectivity index (χ4n) is 4.47. The van der Waals surface area contributed by atoms with Gasteiger partial charge in [0.25, 0.3) is 0 Å². The first kappa shape index (κ1) is 16.1. The van der Waals surface area contributed by atoms with Crippen LogP contribution in [0, 0.1) is 0 Å². The Kier molecular flexibility index (Phi) is 4.17. The normalized spacial score (nSPS) is 22.1. The van der Waals surface area contributed by atoms with E-state index < -0.39 is 0 Å². The van der Waals surface area contributed by atoms with Gasteiger partial charge < -0.3 is 0 Å². The van der Waals surface area contributed by atoms with E-state index in [9.17, 15) is 0 Å². The van der Waals surface area contributed by atoms with Gasteiger partial charge in [-0.25, -0.2) is 4.58 Å². The predicted molar refractivity (Wildman–Crippen MR) is 106 cm³/mol. The molecular weight excluding hydrogens is 302 g/mol. The van der Waals surface area contributed by atoms with Crippen LogP contribution in [0.2, 0.25) is 0 Å². The minimum atomic E-state index is 0.0419. The number of rotatable bonds is 4. The quantitative estimate of drug-likeness (QED) is 0.644. The molecule has 2 aliphatic rings. The number of nitrogens with zero attached hydrogens (tertiary/aromatic N) is 1. The van der Waals surface area contributed by atoms with Gasteiger partial charge in [-0.3, -0.25) is 0 Å². The summed E-state index contributed by atoms with van der Waals surface area (Å²) >= 11 is 0. The SMILES string of the molecule is CC1=[N+](C)c2ccccc2C1(CC1=CCCC=C1)Cc1ccccc1. The third-order valence-corrected chi connectivity index (χ3v) is 5.90. The van der Waals surface area contributed by atoms with Crippen molar-refractivity contribution in [1.82, 2.24) is 0 Å². The highest BCUT2D eigenvalue weighted by atomic mass is 15.0. The van der Waals surface area contributed by atoms with Gasteiger partial charge in [0.15, 0.2) is 5.71 Å². The fraction of sp³-hybridized carbons (Fsp3) is 0.292. The van der Waals surface area contributed by atoms with Crippen molar-refractivity contribution in [3.63, 3.8) is 0 Å². The Labute approximate surface area is 151 Å². The second-order valence-corrected chi connectivity index (χ2v) is 7.34. The summed E-state index contributed by atoms with van der Waals surface area (Å²) in [6, 6.07) is 19.9. The first-order valence-electron chi connectivity index (χ1n) is 9.27. The molecule has 0 radical (unpaired) electrons. The van der Waals surface area contributed by atoms with Gasteiger partial charge in [0.05, 0.1) is 5.41 Å². The van der Waals surface area contributed by atoms with Crippen molar-refractivity contribution in [2.24, 2.45) is 0 Å². The van der Waals surface area contributed by atoms with Crippen LogP contribution in [0.3, 0.4) is 0 Å². The van der Waals surface area contributed by atoms with Gasteiger partial charge in [-0.05, 0) is 31.2 Å². The molecule has 1 heterocycles. The topological polar surface area (TPSA) is 3.01 Å².